The van der Waals surface area contributed by atoms with E-state index in [9.17, 15) is 9.59 Å². The Morgan fingerprint density at radius 3 is 2.14 bits per heavy atom. The van der Waals surface area contributed by atoms with E-state index in [-0.39, 0.29) is 11.8 Å². The number of fused-ring (bicyclic) bond motifs is 3. The van der Waals surface area contributed by atoms with Crippen molar-refractivity contribution in [3.8, 4) is 0 Å². The van der Waals surface area contributed by atoms with Gasteiger partial charge in [0.25, 0.3) is 11.8 Å². The molecule has 4 heterocycles. The van der Waals surface area contributed by atoms with Crippen molar-refractivity contribution < 1.29 is 9.59 Å². The van der Waals surface area contributed by atoms with Crippen molar-refractivity contribution in [2.75, 3.05) is 26.2 Å². The molecule has 0 unspecified atom stereocenters. The first-order valence-electron chi connectivity index (χ1n) is 12.4. The molecule has 178 valence electrons. The topological polar surface area (TPSA) is 40.6 Å². The average molecular weight is 501 g/mol. The van der Waals surface area contributed by atoms with Gasteiger partial charge in [-0.1, -0.05) is 42.0 Å². The van der Waals surface area contributed by atoms with Crippen molar-refractivity contribution in [2.45, 2.75) is 35.6 Å². The van der Waals surface area contributed by atoms with Gasteiger partial charge in [0.15, 0.2) is 0 Å². The number of carbonyl (C=O) groups excluding carboxylic acids is 2. The second-order valence-corrected chi connectivity index (χ2v) is 11.6. The number of amides is 2. The standard InChI is InChI=1S/C29H28N2O2S2/c32-27-23-9-3-4-10-24(23)28(33)31(27)15-6-5-14-30-16-11-20(12-17-30)26-22-8-2-1-7-21(22)19-35-29-25(26)13-18-34-29/h1-4,7-10,13,18H,5-6,11-12,14-17,19H2. The largest absolute Gasteiger partial charge is 0.303 e. The fraction of sp³-hybridized carbons (Fsp3) is 0.310. The first kappa shape index (κ1) is 22.8. The summed E-state index contributed by atoms with van der Waals surface area (Å²) in [7, 11) is 0. The number of piperidine rings is 1. The van der Waals surface area contributed by atoms with Crippen molar-refractivity contribution in [1.29, 1.82) is 0 Å². The number of hydrogen-bond acceptors (Lipinski definition) is 5. The zero-order valence-corrected chi connectivity index (χ0v) is 21.3. The van der Waals surface area contributed by atoms with Crippen LogP contribution in [0, 0.1) is 0 Å². The van der Waals surface area contributed by atoms with Gasteiger partial charge in [0.2, 0.25) is 0 Å². The maximum Gasteiger partial charge on any atom is 0.261 e. The summed E-state index contributed by atoms with van der Waals surface area (Å²) in [6.07, 6.45) is 4.04. The Bertz CT molecular complexity index is 1280. The van der Waals surface area contributed by atoms with Crippen LogP contribution in [0.1, 0.15) is 63.1 Å². The smallest absolute Gasteiger partial charge is 0.261 e. The van der Waals surface area contributed by atoms with Crippen LogP contribution in [0.15, 0.2) is 69.8 Å². The summed E-state index contributed by atoms with van der Waals surface area (Å²) in [6, 6.07) is 18.4. The number of carbonyl (C=O) groups is 2. The van der Waals surface area contributed by atoms with E-state index in [2.05, 4.69) is 40.6 Å². The average Bonchev–Trinajstić information content (AvgIpc) is 3.40. The summed E-state index contributed by atoms with van der Waals surface area (Å²) < 4.78 is 1.44. The maximum absolute atomic E-state index is 12.6. The minimum atomic E-state index is -0.144. The van der Waals surface area contributed by atoms with Crippen molar-refractivity contribution in [3.05, 3.63) is 93.4 Å². The molecule has 4 nitrogen and oxygen atoms in total. The molecule has 0 aliphatic carbocycles. The highest BCUT2D eigenvalue weighted by Crippen LogP contribution is 2.45. The second-order valence-electron chi connectivity index (χ2n) is 9.40. The number of imide groups is 1. The Labute approximate surface area is 214 Å². The predicted molar refractivity (Wildman–Crippen MR) is 143 cm³/mol. The molecule has 1 aromatic heterocycles. The zero-order chi connectivity index (χ0) is 23.8. The summed E-state index contributed by atoms with van der Waals surface area (Å²) in [6.45, 7) is 3.66. The SMILES string of the molecule is O=C1c2ccccc2C(=O)N1CCCCN1CCC(=C2c3ccccc3CSc3sccc32)CC1. The molecule has 35 heavy (non-hydrogen) atoms. The van der Waals surface area contributed by atoms with E-state index in [4.69, 9.17) is 0 Å². The van der Waals surface area contributed by atoms with E-state index in [1.54, 1.807) is 17.7 Å². The highest BCUT2D eigenvalue weighted by Gasteiger charge is 2.34. The molecule has 0 radical (unpaired) electrons. The van der Waals surface area contributed by atoms with Gasteiger partial charge in [0.05, 0.1) is 15.3 Å². The van der Waals surface area contributed by atoms with Crippen molar-refractivity contribution in [1.82, 2.24) is 9.80 Å². The minimum Gasteiger partial charge on any atom is -0.303 e. The summed E-state index contributed by atoms with van der Waals surface area (Å²) in [5.74, 6) is 0.753. The molecule has 0 bridgehead atoms. The molecule has 3 aromatic rings. The number of rotatable bonds is 5. The third kappa shape index (κ3) is 4.28. The number of benzene rings is 2. The van der Waals surface area contributed by atoms with Gasteiger partial charge in [-0.2, -0.15) is 0 Å². The summed E-state index contributed by atoms with van der Waals surface area (Å²) >= 11 is 3.83. The van der Waals surface area contributed by atoms with E-state index >= 15 is 0 Å². The molecule has 6 heteroatoms. The van der Waals surface area contributed by atoms with E-state index < -0.39 is 0 Å². The highest BCUT2D eigenvalue weighted by molar-refractivity contribution is 8.00. The Morgan fingerprint density at radius 2 is 1.40 bits per heavy atom. The van der Waals surface area contributed by atoms with E-state index in [0.29, 0.717) is 17.7 Å². The van der Waals surface area contributed by atoms with Gasteiger partial charge in [-0.25, -0.2) is 0 Å². The fourth-order valence-electron chi connectivity index (χ4n) is 5.50. The van der Waals surface area contributed by atoms with E-state index in [0.717, 1.165) is 51.1 Å². The van der Waals surface area contributed by atoms with Gasteiger partial charge in [-0.05, 0) is 72.5 Å². The molecule has 0 atom stereocenters. The molecule has 3 aliphatic rings. The van der Waals surface area contributed by atoms with Gasteiger partial charge in [0.1, 0.15) is 0 Å². The first-order valence-corrected chi connectivity index (χ1v) is 14.3. The number of thiophene rings is 1. The quantitative estimate of drug-likeness (QED) is 0.303. The lowest BCUT2D eigenvalue weighted by molar-refractivity contribution is 0.0650. The van der Waals surface area contributed by atoms with Crippen LogP contribution in [0.4, 0.5) is 0 Å². The molecule has 6 rings (SSSR count). The highest BCUT2D eigenvalue weighted by atomic mass is 32.2. The van der Waals surface area contributed by atoms with Crippen LogP contribution >= 0.6 is 23.1 Å². The molecular weight excluding hydrogens is 472 g/mol. The van der Waals surface area contributed by atoms with Crippen molar-refractivity contribution >= 4 is 40.5 Å². The summed E-state index contributed by atoms with van der Waals surface area (Å²) in [5, 5.41) is 2.23. The molecular formula is C29H28N2O2S2. The number of thioether (sulfide) groups is 1. The molecule has 0 N–H and O–H groups in total. The lowest BCUT2D eigenvalue weighted by Gasteiger charge is -2.30. The minimum absolute atomic E-state index is 0.144. The van der Waals surface area contributed by atoms with E-state index in [1.807, 2.05) is 35.2 Å². The van der Waals surface area contributed by atoms with Gasteiger partial charge < -0.3 is 4.90 Å². The lowest BCUT2D eigenvalue weighted by Crippen LogP contribution is -2.33. The summed E-state index contributed by atoms with van der Waals surface area (Å²) in [4.78, 5) is 29.1. The number of unbranched alkanes of at least 4 members (excludes halogenated alkanes) is 1. The monoisotopic (exact) mass is 500 g/mol. The maximum atomic E-state index is 12.6. The third-order valence-corrected chi connectivity index (χ3v) is 9.63. The van der Waals surface area contributed by atoms with Crippen LogP contribution in [0.3, 0.4) is 0 Å². The van der Waals surface area contributed by atoms with Crippen LogP contribution in [0.25, 0.3) is 5.57 Å². The van der Waals surface area contributed by atoms with Gasteiger partial charge in [-0.3, -0.25) is 14.5 Å². The van der Waals surface area contributed by atoms with Crippen molar-refractivity contribution in [3.63, 3.8) is 0 Å². The molecule has 0 spiro atoms. The molecule has 2 aromatic carbocycles. The van der Waals surface area contributed by atoms with Crippen LogP contribution in [-0.2, 0) is 5.75 Å². The van der Waals surface area contributed by atoms with Gasteiger partial charge >= 0.3 is 0 Å². The number of likely N-dealkylation sites (tertiary alicyclic amines) is 1. The molecule has 2 amide bonds. The van der Waals surface area contributed by atoms with Gasteiger partial charge in [0, 0.05) is 31.0 Å². The Hall–Kier alpha value is -2.67. The van der Waals surface area contributed by atoms with E-state index in [1.165, 1.54) is 31.4 Å². The third-order valence-electron chi connectivity index (χ3n) is 7.34. The molecule has 3 aliphatic heterocycles. The summed E-state index contributed by atoms with van der Waals surface area (Å²) in [5.41, 5.74) is 8.44. The Kier molecular flexibility index (Phi) is 6.35. The van der Waals surface area contributed by atoms with Crippen LogP contribution in [0.2, 0.25) is 0 Å². The number of hydrogen-bond donors (Lipinski definition) is 0. The molecule has 1 saturated heterocycles. The van der Waals surface area contributed by atoms with Crippen LogP contribution in [-0.4, -0.2) is 47.8 Å². The second kappa shape index (κ2) is 9.76. The van der Waals surface area contributed by atoms with Gasteiger partial charge in [-0.15, -0.1) is 23.1 Å². The Morgan fingerprint density at radius 1 is 0.743 bits per heavy atom. The molecule has 0 saturated carbocycles. The Balaban J connectivity index is 1.07. The predicted octanol–water partition coefficient (Wildman–Crippen LogP) is 6.33. The normalized spacial score (nSPS) is 17.9. The van der Waals surface area contributed by atoms with Crippen molar-refractivity contribution in [2.24, 2.45) is 0 Å². The van der Waals surface area contributed by atoms with Crippen LogP contribution in [0.5, 0.6) is 0 Å². The van der Waals surface area contributed by atoms with Crippen LogP contribution < -0.4 is 0 Å². The zero-order valence-electron chi connectivity index (χ0n) is 19.7. The fourth-order valence-corrected chi connectivity index (χ4v) is 7.60. The number of nitrogens with zero attached hydrogens (tertiary/aromatic N) is 2. The lowest BCUT2D eigenvalue weighted by atomic mass is 9.87. The molecule has 1 fully saturated rings. The first-order chi connectivity index (χ1) is 17.2.